The quantitative estimate of drug-likeness (QED) is 0.494. The van der Waals surface area contributed by atoms with Gasteiger partial charge in [0.25, 0.3) is 0 Å². The zero-order chi connectivity index (χ0) is 24.0. The van der Waals surface area contributed by atoms with Crippen molar-refractivity contribution in [2.75, 3.05) is 46.9 Å². The first kappa shape index (κ1) is 25.5. The molecule has 178 valence electrons. The summed E-state index contributed by atoms with van der Waals surface area (Å²) in [5, 5.41) is 3.90. The fraction of sp³-hybridized carbons (Fsp3) is 0.364. The molecule has 0 radical (unpaired) electrons. The lowest BCUT2D eigenvalue weighted by atomic mass is 10.1. The molecular formula is C22H26Cl2N4O4S. The second-order valence-electron chi connectivity index (χ2n) is 7.52. The van der Waals surface area contributed by atoms with Crippen molar-refractivity contribution in [1.29, 1.82) is 0 Å². The van der Waals surface area contributed by atoms with Crippen LogP contribution in [0.2, 0.25) is 10.0 Å². The fourth-order valence-corrected chi connectivity index (χ4v) is 5.05. The van der Waals surface area contributed by atoms with Crippen LogP contribution < -0.4 is 5.32 Å². The summed E-state index contributed by atoms with van der Waals surface area (Å²) < 4.78 is 31.8. The van der Waals surface area contributed by atoms with E-state index in [9.17, 15) is 13.2 Å². The average Bonchev–Trinajstić information content (AvgIpc) is 3.32. The molecule has 11 heteroatoms. The van der Waals surface area contributed by atoms with Crippen molar-refractivity contribution in [3.05, 3.63) is 63.6 Å². The highest BCUT2D eigenvalue weighted by Crippen LogP contribution is 2.23. The maximum absolute atomic E-state index is 12.6. The second kappa shape index (κ2) is 11.3. The SMILES string of the molecule is CN(Cc1ccc(C2=NCCN2)cc1Cl)C(=O)COCCN(C)S(=O)(=O)c1ccccc1Cl. The molecule has 8 nitrogen and oxygen atoms in total. The van der Waals surface area contributed by atoms with E-state index in [0.717, 1.165) is 34.4 Å². The molecule has 1 amide bonds. The monoisotopic (exact) mass is 512 g/mol. The van der Waals surface area contributed by atoms with Crippen molar-refractivity contribution in [3.63, 3.8) is 0 Å². The Balaban J connectivity index is 1.46. The number of benzene rings is 2. The number of carbonyl (C=O) groups excluding carboxylic acids is 1. The van der Waals surface area contributed by atoms with Gasteiger partial charge in [-0.1, -0.05) is 47.5 Å². The Hall–Kier alpha value is -2.17. The third-order valence-electron chi connectivity index (χ3n) is 5.13. The minimum absolute atomic E-state index is 0.0312. The van der Waals surface area contributed by atoms with Crippen molar-refractivity contribution in [2.24, 2.45) is 4.99 Å². The van der Waals surface area contributed by atoms with Crippen LogP contribution in [0, 0.1) is 0 Å². The van der Waals surface area contributed by atoms with Gasteiger partial charge in [0, 0.05) is 44.3 Å². The number of sulfonamides is 1. The molecule has 1 aliphatic rings. The number of amides is 1. The van der Waals surface area contributed by atoms with Gasteiger partial charge in [-0.05, 0) is 23.8 Å². The molecule has 0 unspecified atom stereocenters. The second-order valence-corrected chi connectivity index (χ2v) is 10.4. The number of ether oxygens (including phenoxy) is 1. The first-order chi connectivity index (χ1) is 15.7. The topological polar surface area (TPSA) is 91.3 Å². The number of hydrogen-bond acceptors (Lipinski definition) is 6. The molecule has 0 bridgehead atoms. The summed E-state index contributed by atoms with van der Waals surface area (Å²) in [5.41, 5.74) is 1.72. The molecule has 0 aromatic heterocycles. The van der Waals surface area contributed by atoms with Crippen LogP contribution >= 0.6 is 23.2 Å². The van der Waals surface area contributed by atoms with Crippen LogP contribution in [0.3, 0.4) is 0 Å². The summed E-state index contributed by atoms with van der Waals surface area (Å²) in [6.45, 7) is 1.84. The molecule has 0 aliphatic carbocycles. The summed E-state index contributed by atoms with van der Waals surface area (Å²) in [5.74, 6) is 0.580. The van der Waals surface area contributed by atoms with E-state index in [1.54, 1.807) is 19.2 Å². The number of rotatable bonds is 10. The van der Waals surface area contributed by atoms with E-state index < -0.39 is 10.0 Å². The van der Waals surface area contributed by atoms with Crippen molar-refractivity contribution in [3.8, 4) is 0 Å². The van der Waals surface area contributed by atoms with Gasteiger partial charge in [0.1, 0.15) is 17.3 Å². The van der Waals surface area contributed by atoms with Gasteiger partial charge in [-0.25, -0.2) is 8.42 Å². The third-order valence-corrected chi connectivity index (χ3v) is 7.84. The molecule has 1 heterocycles. The van der Waals surface area contributed by atoms with Crippen LogP contribution in [0.25, 0.3) is 0 Å². The molecule has 0 spiro atoms. The van der Waals surface area contributed by atoms with Gasteiger partial charge in [-0.2, -0.15) is 4.31 Å². The third kappa shape index (κ3) is 6.45. The lowest BCUT2D eigenvalue weighted by Gasteiger charge is -2.20. The van der Waals surface area contributed by atoms with Crippen LogP contribution in [0.15, 0.2) is 52.4 Å². The van der Waals surface area contributed by atoms with Crippen molar-refractivity contribution in [2.45, 2.75) is 11.4 Å². The number of likely N-dealkylation sites (N-methyl/N-ethyl adjacent to an activating group) is 2. The maximum atomic E-state index is 12.6. The fourth-order valence-electron chi connectivity index (χ4n) is 3.16. The summed E-state index contributed by atoms with van der Waals surface area (Å²) in [6.07, 6.45) is 0. The van der Waals surface area contributed by atoms with Gasteiger partial charge in [-0.3, -0.25) is 9.79 Å². The predicted molar refractivity (Wildman–Crippen MR) is 129 cm³/mol. The van der Waals surface area contributed by atoms with Gasteiger partial charge < -0.3 is 15.0 Å². The minimum atomic E-state index is -3.74. The number of carbonyl (C=O) groups is 1. The number of halogens is 2. The smallest absolute Gasteiger partial charge is 0.248 e. The van der Waals surface area contributed by atoms with Gasteiger partial charge >= 0.3 is 0 Å². The summed E-state index contributed by atoms with van der Waals surface area (Å²) >= 11 is 12.4. The molecule has 1 aliphatic heterocycles. The Labute approximate surface area is 204 Å². The van der Waals surface area contributed by atoms with Gasteiger partial charge in [0.05, 0.1) is 18.2 Å². The lowest BCUT2D eigenvalue weighted by molar-refractivity contribution is -0.135. The molecule has 3 rings (SSSR count). The van der Waals surface area contributed by atoms with E-state index in [2.05, 4.69) is 10.3 Å². The van der Waals surface area contributed by atoms with Crippen LogP contribution in [0.4, 0.5) is 0 Å². The van der Waals surface area contributed by atoms with E-state index in [1.165, 1.54) is 24.1 Å². The Bertz CT molecular complexity index is 1140. The van der Waals surface area contributed by atoms with Gasteiger partial charge in [-0.15, -0.1) is 0 Å². The summed E-state index contributed by atoms with van der Waals surface area (Å²) in [7, 11) is -0.645. The Morgan fingerprint density at radius 2 is 1.91 bits per heavy atom. The molecular weight excluding hydrogens is 487 g/mol. The zero-order valence-corrected chi connectivity index (χ0v) is 20.8. The zero-order valence-electron chi connectivity index (χ0n) is 18.4. The van der Waals surface area contributed by atoms with E-state index >= 15 is 0 Å². The highest BCUT2D eigenvalue weighted by molar-refractivity contribution is 7.89. The van der Waals surface area contributed by atoms with Crippen LogP contribution in [-0.4, -0.2) is 76.3 Å². The minimum Gasteiger partial charge on any atom is -0.370 e. The van der Waals surface area contributed by atoms with Crippen LogP contribution in [-0.2, 0) is 26.1 Å². The van der Waals surface area contributed by atoms with E-state index in [1.807, 2.05) is 18.2 Å². The summed E-state index contributed by atoms with van der Waals surface area (Å²) in [6, 6.07) is 11.9. The van der Waals surface area contributed by atoms with Crippen molar-refractivity contribution in [1.82, 2.24) is 14.5 Å². The van der Waals surface area contributed by atoms with Crippen LogP contribution in [0.5, 0.6) is 0 Å². The van der Waals surface area contributed by atoms with E-state index in [4.69, 9.17) is 27.9 Å². The molecule has 0 fully saturated rings. The number of aliphatic imine (C=N–C) groups is 1. The van der Waals surface area contributed by atoms with Crippen molar-refractivity contribution >= 4 is 45.0 Å². The number of amidine groups is 1. The predicted octanol–water partition coefficient (Wildman–Crippen LogP) is 2.64. The van der Waals surface area contributed by atoms with Crippen molar-refractivity contribution < 1.29 is 17.9 Å². The molecule has 2 aromatic carbocycles. The molecule has 1 N–H and O–H groups in total. The Morgan fingerprint density at radius 3 is 2.58 bits per heavy atom. The first-order valence-electron chi connectivity index (χ1n) is 10.3. The van der Waals surface area contributed by atoms with Crippen LogP contribution in [0.1, 0.15) is 11.1 Å². The van der Waals surface area contributed by atoms with Gasteiger partial charge in [0.2, 0.25) is 15.9 Å². The maximum Gasteiger partial charge on any atom is 0.248 e. The number of nitrogens with zero attached hydrogens (tertiary/aromatic N) is 3. The standard InChI is InChI=1S/C22H26Cl2N4O4S/c1-27(14-17-8-7-16(13-19(17)24)22-25-9-10-26-22)21(29)15-32-12-11-28(2)33(30,31)20-6-4-3-5-18(20)23/h3-8,13H,9-12,14-15H2,1-2H3,(H,25,26). The largest absolute Gasteiger partial charge is 0.370 e. The Kier molecular flexibility index (Phi) is 8.72. The number of nitrogens with one attached hydrogen (secondary N) is 1. The van der Waals surface area contributed by atoms with Gasteiger partial charge in [0.15, 0.2) is 0 Å². The van der Waals surface area contributed by atoms with E-state index in [0.29, 0.717) is 11.6 Å². The highest BCUT2D eigenvalue weighted by atomic mass is 35.5. The highest BCUT2D eigenvalue weighted by Gasteiger charge is 2.23. The normalized spacial score (nSPS) is 13.7. The average molecular weight is 513 g/mol. The molecule has 0 saturated carbocycles. The molecule has 2 aromatic rings. The summed E-state index contributed by atoms with van der Waals surface area (Å²) in [4.78, 5) is 18.3. The lowest BCUT2D eigenvalue weighted by Crippen LogP contribution is -2.33. The number of hydrogen-bond donors (Lipinski definition) is 1. The first-order valence-corrected chi connectivity index (χ1v) is 12.5. The molecule has 0 saturated heterocycles. The molecule has 0 atom stereocenters. The molecule has 33 heavy (non-hydrogen) atoms. The van der Waals surface area contributed by atoms with E-state index in [-0.39, 0.29) is 35.6 Å². The Morgan fingerprint density at radius 1 is 1.15 bits per heavy atom.